The largest absolute Gasteiger partial charge is 0.469 e. The van der Waals surface area contributed by atoms with Crippen LogP contribution in [0.4, 0.5) is 4.79 Å². The summed E-state index contributed by atoms with van der Waals surface area (Å²) >= 11 is 0. The van der Waals surface area contributed by atoms with E-state index in [1.54, 1.807) is 0 Å². The van der Waals surface area contributed by atoms with E-state index in [1.807, 2.05) is 0 Å². The van der Waals surface area contributed by atoms with Crippen LogP contribution in [0.5, 0.6) is 0 Å². The third-order valence-electron chi connectivity index (χ3n) is 1.54. The van der Waals surface area contributed by atoms with Gasteiger partial charge in [-0.15, -0.1) is 0 Å². The zero-order valence-corrected chi connectivity index (χ0v) is 9.09. The second-order valence-electron chi connectivity index (χ2n) is 2.54. The van der Waals surface area contributed by atoms with E-state index < -0.39 is 16.1 Å². The molecule has 0 rings (SSSR count). The summed E-state index contributed by atoms with van der Waals surface area (Å²) < 4.78 is 19.7. The lowest BCUT2D eigenvalue weighted by Gasteiger charge is -1.99. The van der Waals surface area contributed by atoms with Gasteiger partial charge in [0.2, 0.25) is 0 Å². The van der Waals surface area contributed by atoms with E-state index >= 15 is 0 Å². The lowest BCUT2D eigenvalue weighted by Crippen LogP contribution is -2.11. The molecule has 0 heterocycles. The van der Waals surface area contributed by atoms with Gasteiger partial charge in [-0.1, -0.05) is 0 Å². The molecule has 0 aliphatic rings. The van der Waals surface area contributed by atoms with E-state index in [0.717, 1.165) is 0 Å². The lowest BCUT2D eigenvalue weighted by molar-refractivity contribution is -0.140. The number of carbonyl (C=O) groups is 2. The van der Waals surface area contributed by atoms with Crippen LogP contribution in [0.2, 0.25) is 0 Å². The summed E-state index contributed by atoms with van der Waals surface area (Å²) in [7, 11) is 0.909. The molecule has 1 unspecified atom stereocenters. The van der Waals surface area contributed by atoms with Crippen molar-refractivity contribution in [3.8, 4) is 0 Å². The van der Waals surface area contributed by atoms with E-state index in [4.69, 9.17) is 0 Å². The summed E-state index contributed by atoms with van der Waals surface area (Å²) in [6.45, 7) is 0. The van der Waals surface area contributed by atoms with Gasteiger partial charge in [-0.05, 0) is 12.8 Å². The van der Waals surface area contributed by atoms with E-state index in [-0.39, 0.29) is 18.1 Å². The SMILES string of the molecule is COC(=O)CCCCS(=O)C(=O)OC. The second-order valence-corrected chi connectivity index (χ2v) is 3.97. The Kier molecular flexibility index (Phi) is 7.00. The zero-order chi connectivity index (χ0) is 11.0. The van der Waals surface area contributed by atoms with Gasteiger partial charge in [-0.25, -0.2) is 9.00 Å². The van der Waals surface area contributed by atoms with Crippen molar-refractivity contribution < 1.29 is 23.3 Å². The van der Waals surface area contributed by atoms with Crippen molar-refractivity contribution in [3.05, 3.63) is 0 Å². The first-order valence-corrected chi connectivity index (χ1v) is 5.46. The van der Waals surface area contributed by atoms with Crippen LogP contribution in [0.15, 0.2) is 0 Å². The summed E-state index contributed by atoms with van der Waals surface area (Å²) in [6.07, 6.45) is 1.39. The number of methoxy groups -OCH3 is 2. The average Bonchev–Trinajstić information content (AvgIpc) is 2.22. The molecule has 0 amide bonds. The van der Waals surface area contributed by atoms with Crippen molar-refractivity contribution in [3.63, 3.8) is 0 Å². The van der Waals surface area contributed by atoms with Gasteiger partial charge in [0, 0.05) is 12.2 Å². The van der Waals surface area contributed by atoms with Gasteiger partial charge in [-0.3, -0.25) is 4.79 Å². The zero-order valence-electron chi connectivity index (χ0n) is 8.28. The maximum atomic E-state index is 11.0. The normalized spacial score (nSPS) is 11.9. The maximum Gasteiger partial charge on any atom is 0.397 e. The minimum absolute atomic E-state index is 0.226. The van der Waals surface area contributed by atoms with Crippen LogP contribution in [0, 0.1) is 0 Å². The molecule has 0 aliphatic heterocycles. The first kappa shape index (κ1) is 13.1. The van der Waals surface area contributed by atoms with Gasteiger partial charge < -0.3 is 9.47 Å². The lowest BCUT2D eigenvalue weighted by atomic mass is 10.2. The Balaban J connectivity index is 3.50. The number of esters is 1. The van der Waals surface area contributed by atoms with E-state index in [1.165, 1.54) is 14.2 Å². The Morgan fingerprint density at radius 1 is 1.14 bits per heavy atom. The molecule has 5 nitrogen and oxygen atoms in total. The first-order chi connectivity index (χ1) is 6.61. The summed E-state index contributed by atoms with van der Waals surface area (Å²) in [4.78, 5) is 21.3. The molecular formula is C8H14O5S. The molecule has 0 saturated carbocycles. The highest BCUT2D eigenvalue weighted by Crippen LogP contribution is 2.00. The molecule has 6 heteroatoms. The van der Waals surface area contributed by atoms with Crippen molar-refractivity contribution in [2.24, 2.45) is 0 Å². The van der Waals surface area contributed by atoms with Gasteiger partial charge in [0.1, 0.15) is 10.8 Å². The number of carbonyl (C=O) groups excluding carboxylic acids is 2. The molecule has 0 fully saturated rings. The Labute approximate surface area is 85.2 Å². The molecule has 82 valence electrons. The summed E-state index contributed by atoms with van der Waals surface area (Å²) in [5, 5.41) is -0.719. The molecule has 0 saturated heterocycles. The van der Waals surface area contributed by atoms with Crippen LogP contribution < -0.4 is 0 Å². The Hall–Kier alpha value is -0.910. The second kappa shape index (κ2) is 7.49. The molecular weight excluding hydrogens is 208 g/mol. The average molecular weight is 222 g/mol. The van der Waals surface area contributed by atoms with Crippen LogP contribution >= 0.6 is 0 Å². The van der Waals surface area contributed by atoms with Gasteiger partial charge in [0.25, 0.3) is 0 Å². The van der Waals surface area contributed by atoms with Gasteiger partial charge in [0.05, 0.1) is 14.2 Å². The molecule has 0 aliphatic carbocycles. The van der Waals surface area contributed by atoms with E-state index in [0.29, 0.717) is 12.8 Å². The Morgan fingerprint density at radius 2 is 1.79 bits per heavy atom. The number of unbranched alkanes of at least 4 members (excludes halogenated alkanes) is 1. The molecule has 0 aromatic rings. The van der Waals surface area contributed by atoms with Crippen LogP contribution in [0.1, 0.15) is 19.3 Å². The summed E-state index contributed by atoms with van der Waals surface area (Å²) in [5.41, 5.74) is 0. The predicted molar refractivity (Wildman–Crippen MR) is 51.3 cm³/mol. The highest BCUT2D eigenvalue weighted by molar-refractivity contribution is 7.99. The first-order valence-electron chi connectivity index (χ1n) is 4.15. The molecule has 0 N–H and O–H groups in total. The van der Waals surface area contributed by atoms with Crippen LogP contribution in [0.3, 0.4) is 0 Å². The monoisotopic (exact) mass is 222 g/mol. The number of rotatable bonds is 5. The fourth-order valence-electron chi connectivity index (χ4n) is 0.781. The highest BCUT2D eigenvalue weighted by Gasteiger charge is 2.11. The molecule has 0 aromatic heterocycles. The summed E-state index contributed by atoms with van der Waals surface area (Å²) in [5.74, 6) is -0.0715. The third kappa shape index (κ3) is 5.69. The molecule has 0 spiro atoms. The van der Waals surface area contributed by atoms with Gasteiger partial charge in [-0.2, -0.15) is 0 Å². The van der Waals surface area contributed by atoms with Crippen molar-refractivity contribution >= 4 is 22.1 Å². The number of hydrogen-bond acceptors (Lipinski definition) is 5. The molecule has 1 atom stereocenters. The maximum absolute atomic E-state index is 11.0. The standard InChI is InChI=1S/C8H14O5S/c1-12-7(9)5-3-4-6-14(11)8(10)13-2/h3-6H2,1-2H3. The van der Waals surface area contributed by atoms with Gasteiger partial charge in [0.15, 0.2) is 0 Å². The van der Waals surface area contributed by atoms with Crippen LogP contribution in [-0.4, -0.2) is 35.5 Å². The van der Waals surface area contributed by atoms with Crippen molar-refractivity contribution in [1.82, 2.24) is 0 Å². The summed E-state index contributed by atoms with van der Waals surface area (Å²) in [6, 6.07) is 0. The Morgan fingerprint density at radius 3 is 2.29 bits per heavy atom. The fourth-order valence-corrected chi connectivity index (χ4v) is 1.60. The number of ether oxygens (including phenoxy) is 2. The van der Waals surface area contributed by atoms with E-state index in [2.05, 4.69) is 9.47 Å². The van der Waals surface area contributed by atoms with Crippen molar-refractivity contribution in [2.75, 3.05) is 20.0 Å². The van der Waals surface area contributed by atoms with Crippen molar-refractivity contribution in [2.45, 2.75) is 19.3 Å². The van der Waals surface area contributed by atoms with Crippen LogP contribution in [0.25, 0.3) is 0 Å². The fraction of sp³-hybridized carbons (Fsp3) is 0.750. The smallest absolute Gasteiger partial charge is 0.397 e. The molecule has 0 radical (unpaired) electrons. The highest BCUT2D eigenvalue weighted by atomic mass is 32.2. The third-order valence-corrected chi connectivity index (χ3v) is 2.74. The molecule has 0 aromatic carbocycles. The topological polar surface area (TPSA) is 69.7 Å². The molecule has 14 heavy (non-hydrogen) atoms. The van der Waals surface area contributed by atoms with Crippen molar-refractivity contribution in [1.29, 1.82) is 0 Å². The van der Waals surface area contributed by atoms with E-state index in [9.17, 15) is 13.8 Å². The predicted octanol–water partition coefficient (Wildman–Crippen LogP) is 0.845. The van der Waals surface area contributed by atoms with Gasteiger partial charge >= 0.3 is 11.3 Å². The molecule has 0 bridgehead atoms. The minimum Gasteiger partial charge on any atom is -0.469 e. The Bertz CT molecular complexity index is 226. The minimum atomic E-state index is -1.59. The van der Waals surface area contributed by atoms with Crippen LogP contribution in [-0.2, 0) is 25.1 Å². The number of hydrogen-bond donors (Lipinski definition) is 0. The quantitative estimate of drug-likeness (QED) is 0.509.